The molecule has 0 saturated carbocycles. The van der Waals surface area contributed by atoms with E-state index in [1.807, 2.05) is 19.2 Å². The Hall–Kier alpha value is -1.19. The number of benzene rings is 2. The van der Waals surface area contributed by atoms with Gasteiger partial charge in [-0.25, -0.2) is 4.39 Å². The van der Waals surface area contributed by atoms with Crippen molar-refractivity contribution in [1.29, 1.82) is 0 Å². The smallest absolute Gasteiger partial charge is 0.137 e. The molecule has 0 aliphatic heterocycles. The van der Waals surface area contributed by atoms with E-state index in [2.05, 4.69) is 52.4 Å². The molecule has 3 heteroatoms. The molecule has 0 saturated heterocycles. The predicted molar refractivity (Wildman–Crippen MR) is 80.8 cm³/mol. The van der Waals surface area contributed by atoms with Gasteiger partial charge in [0.25, 0.3) is 0 Å². The summed E-state index contributed by atoms with van der Waals surface area (Å²) in [6.45, 7) is 2.08. The van der Waals surface area contributed by atoms with Crippen molar-refractivity contribution in [2.45, 2.75) is 19.4 Å². The molecule has 1 N–H and O–H groups in total. The first kappa shape index (κ1) is 14.2. The van der Waals surface area contributed by atoms with Gasteiger partial charge in [-0.1, -0.05) is 35.9 Å². The van der Waals surface area contributed by atoms with Gasteiger partial charge in [-0.15, -0.1) is 0 Å². The molecule has 19 heavy (non-hydrogen) atoms. The number of hydrogen-bond acceptors (Lipinski definition) is 1. The first-order chi connectivity index (χ1) is 9.10. The van der Waals surface area contributed by atoms with Gasteiger partial charge in [0.1, 0.15) is 5.82 Å². The zero-order chi connectivity index (χ0) is 13.8. The van der Waals surface area contributed by atoms with E-state index in [0.29, 0.717) is 4.47 Å². The van der Waals surface area contributed by atoms with E-state index in [9.17, 15) is 4.39 Å². The maximum atomic E-state index is 13.2. The van der Waals surface area contributed by atoms with Crippen LogP contribution in [0.5, 0.6) is 0 Å². The average molecular weight is 322 g/mol. The van der Waals surface area contributed by atoms with E-state index in [1.165, 1.54) is 17.2 Å². The van der Waals surface area contributed by atoms with E-state index in [-0.39, 0.29) is 11.9 Å². The molecule has 0 heterocycles. The van der Waals surface area contributed by atoms with E-state index in [0.717, 1.165) is 12.0 Å². The number of likely N-dealkylation sites (N-methyl/N-ethyl adjacent to an activating group) is 1. The van der Waals surface area contributed by atoms with Crippen LogP contribution < -0.4 is 5.32 Å². The van der Waals surface area contributed by atoms with E-state index in [4.69, 9.17) is 0 Å². The van der Waals surface area contributed by atoms with Gasteiger partial charge < -0.3 is 5.32 Å². The second-order valence-corrected chi connectivity index (χ2v) is 5.56. The quantitative estimate of drug-likeness (QED) is 0.880. The molecule has 0 radical (unpaired) electrons. The van der Waals surface area contributed by atoms with Crippen molar-refractivity contribution < 1.29 is 4.39 Å². The van der Waals surface area contributed by atoms with Crippen LogP contribution in [0, 0.1) is 12.7 Å². The van der Waals surface area contributed by atoms with Gasteiger partial charge in [-0.05, 0) is 59.6 Å². The lowest BCUT2D eigenvalue weighted by atomic mass is 9.98. The number of halogens is 2. The molecule has 2 rings (SSSR count). The van der Waals surface area contributed by atoms with E-state index < -0.39 is 0 Å². The van der Waals surface area contributed by atoms with Crippen LogP contribution in [0.3, 0.4) is 0 Å². The average Bonchev–Trinajstić information content (AvgIpc) is 2.41. The molecule has 0 aliphatic carbocycles. The Morgan fingerprint density at radius 2 is 1.84 bits per heavy atom. The van der Waals surface area contributed by atoms with Crippen molar-refractivity contribution >= 4 is 15.9 Å². The molecule has 1 atom stereocenters. The Morgan fingerprint density at radius 3 is 2.42 bits per heavy atom. The molecule has 2 aromatic carbocycles. The molecular formula is C16H17BrFN. The first-order valence-corrected chi connectivity index (χ1v) is 7.07. The minimum absolute atomic E-state index is 0.222. The molecule has 0 amide bonds. The molecule has 0 spiro atoms. The second kappa shape index (κ2) is 6.31. The minimum atomic E-state index is -0.222. The lowest BCUT2D eigenvalue weighted by molar-refractivity contribution is 0.587. The van der Waals surface area contributed by atoms with Crippen LogP contribution in [-0.2, 0) is 6.42 Å². The lowest BCUT2D eigenvalue weighted by Gasteiger charge is -2.17. The molecule has 100 valence electrons. The van der Waals surface area contributed by atoms with Crippen LogP contribution in [-0.4, -0.2) is 7.05 Å². The summed E-state index contributed by atoms with van der Waals surface area (Å²) < 4.78 is 13.7. The number of hydrogen-bond donors (Lipinski definition) is 1. The van der Waals surface area contributed by atoms with Crippen molar-refractivity contribution in [3.63, 3.8) is 0 Å². The highest BCUT2D eigenvalue weighted by Crippen LogP contribution is 2.22. The molecule has 1 unspecified atom stereocenters. The van der Waals surface area contributed by atoms with Gasteiger partial charge in [-0.3, -0.25) is 0 Å². The summed E-state index contributed by atoms with van der Waals surface area (Å²) in [5.74, 6) is -0.222. The van der Waals surface area contributed by atoms with Gasteiger partial charge >= 0.3 is 0 Å². The summed E-state index contributed by atoms with van der Waals surface area (Å²) in [6, 6.07) is 13.9. The third-order valence-corrected chi connectivity index (χ3v) is 3.86. The highest BCUT2D eigenvalue weighted by atomic mass is 79.9. The monoisotopic (exact) mass is 321 g/mol. The molecule has 0 bridgehead atoms. The molecule has 0 aromatic heterocycles. The Bertz CT molecular complexity index is 551. The van der Waals surface area contributed by atoms with Crippen molar-refractivity contribution in [2.24, 2.45) is 0 Å². The summed E-state index contributed by atoms with van der Waals surface area (Å²) in [6.07, 6.45) is 0.832. The van der Waals surface area contributed by atoms with E-state index in [1.54, 1.807) is 0 Å². The van der Waals surface area contributed by atoms with Crippen molar-refractivity contribution in [3.05, 3.63) is 69.4 Å². The fourth-order valence-corrected chi connectivity index (χ4v) is 2.51. The Morgan fingerprint density at radius 1 is 1.16 bits per heavy atom. The van der Waals surface area contributed by atoms with Crippen LogP contribution in [0.4, 0.5) is 4.39 Å². The number of nitrogens with one attached hydrogen (secondary N) is 1. The van der Waals surface area contributed by atoms with Gasteiger partial charge in [0.2, 0.25) is 0 Å². The third-order valence-electron chi connectivity index (χ3n) is 3.25. The fraction of sp³-hybridized carbons (Fsp3) is 0.250. The van der Waals surface area contributed by atoms with Crippen molar-refractivity contribution in [2.75, 3.05) is 7.05 Å². The van der Waals surface area contributed by atoms with Crippen LogP contribution in [0.1, 0.15) is 22.7 Å². The fourth-order valence-electron chi connectivity index (χ4n) is 2.09. The summed E-state index contributed by atoms with van der Waals surface area (Å²) >= 11 is 3.23. The standard InChI is InChI=1S/C16H17BrFN/c1-11-3-6-13(7-4-11)16(19-2)10-12-5-8-15(18)14(17)9-12/h3-9,16,19H,10H2,1-2H3. The topological polar surface area (TPSA) is 12.0 Å². The van der Waals surface area contributed by atoms with Crippen molar-refractivity contribution in [1.82, 2.24) is 5.32 Å². The number of aryl methyl sites for hydroxylation is 1. The zero-order valence-corrected chi connectivity index (χ0v) is 12.7. The molecule has 0 fully saturated rings. The zero-order valence-electron chi connectivity index (χ0n) is 11.1. The van der Waals surface area contributed by atoms with Crippen LogP contribution >= 0.6 is 15.9 Å². The highest BCUT2D eigenvalue weighted by molar-refractivity contribution is 9.10. The predicted octanol–water partition coefficient (Wildman–Crippen LogP) is 4.40. The van der Waals surface area contributed by atoms with Gasteiger partial charge in [0.15, 0.2) is 0 Å². The van der Waals surface area contributed by atoms with Crippen molar-refractivity contribution in [3.8, 4) is 0 Å². The summed E-state index contributed by atoms with van der Waals surface area (Å²) in [4.78, 5) is 0. The van der Waals surface area contributed by atoms with Crippen LogP contribution in [0.15, 0.2) is 46.9 Å². The summed E-state index contributed by atoms with van der Waals surface area (Å²) in [5.41, 5.74) is 3.60. The SMILES string of the molecule is CNC(Cc1ccc(F)c(Br)c1)c1ccc(C)cc1. The Kier molecular flexibility index (Phi) is 4.72. The molecule has 0 aliphatic rings. The molecule has 1 nitrogen and oxygen atoms in total. The Balaban J connectivity index is 2.18. The summed E-state index contributed by atoms with van der Waals surface area (Å²) in [5, 5.41) is 3.31. The van der Waals surface area contributed by atoms with Crippen LogP contribution in [0.2, 0.25) is 0 Å². The Labute approximate surface area is 122 Å². The van der Waals surface area contributed by atoms with Gasteiger partial charge in [0.05, 0.1) is 4.47 Å². The van der Waals surface area contributed by atoms with Crippen LogP contribution in [0.25, 0.3) is 0 Å². The summed E-state index contributed by atoms with van der Waals surface area (Å²) in [7, 11) is 1.95. The second-order valence-electron chi connectivity index (χ2n) is 4.70. The maximum absolute atomic E-state index is 13.2. The van der Waals surface area contributed by atoms with Gasteiger partial charge in [0, 0.05) is 6.04 Å². The lowest BCUT2D eigenvalue weighted by Crippen LogP contribution is -2.18. The number of rotatable bonds is 4. The molecule has 2 aromatic rings. The first-order valence-electron chi connectivity index (χ1n) is 6.28. The highest BCUT2D eigenvalue weighted by Gasteiger charge is 2.11. The minimum Gasteiger partial charge on any atom is -0.313 e. The van der Waals surface area contributed by atoms with Gasteiger partial charge in [-0.2, -0.15) is 0 Å². The normalized spacial score (nSPS) is 12.4. The van der Waals surface area contributed by atoms with E-state index >= 15 is 0 Å². The maximum Gasteiger partial charge on any atom is 0.137 e. The largest absolute Gasteiger partial charge is 0.313 e. The molecular weight excluding hydrogens is 305 g/mol. The third kappa shape index (κ3) is 3.64.